The number of hydrogen-bond donors (Lipinski definition) is 1. The molecule has 0 bridgehead atoms. The average Bonchev–Trinajstić information content (AvgIpc) is 2.36. The van der Waals surface area contributed by atoms with Crippen molar-refractivity contribution in [3.05, 3.63) is 0 Å². The smallest absolute Gasteiger partial charge is 0.224 e. The topological polar surface area (TPSA) is 55.6 Å². The van der Waals surface area contributed by atoms with E-state index in [0.29, 0.717) is 18.9 Å². The highest BCUT2D eigenvalue weighted by Gasteiger charge is 2.20. The number of carbonyl (C=O) groups excluding carboxylic acids is 1. The third-order valence-electron chi connectivity index (χ3n) is 3.68. The maximum atomic E-state index is 11.9. The molecule has 4 nitrogen and oxygen atoms in total. The van der Waals surface area contributed by atoms with E-state index in [4.69, 9.17) is 10.5 Å². The lowest BCUT2D eigenvalue weighted by atomic mass is 9.89. The molecule has 1 atom stereocenters. The van der Waals surface area contributed by atoms with Gasteiger partial charge in [-0.25, -0.2) is 0 Å². The second-order valence-electron chi connectivity index (χ2n) is 5.08. The van der Waals surface area contributed by atoms with Crippen LogP contribution >= 0.6 is 0 Å². The van der Waals surface area contributed by atoms with Crippen molar-refractivity contribution in [1.29, 1.82) is 0 Å². The minimum atomic E-state index is -0.142. The fourth-order valence-corrected chi connectivity index (χ4v) is 2.47. The van der Waals surface area contributed by atoms with Gasteiger partial charge in [0.25, 0.3) is 0 Å². The third kappa shape index (κ3) is 5.04. The standard InChI is InChI=1S/C13H26N2O2/c1-15(10-11-6-4-3-5-7-11)13(16)8-12(9-14)17-2/h11-12H,3-10,14H2,1-2H3. The Morgan fingerprint density at radius 1 is 1.41 bits per heavy atom. The summed E-state index contributed by atoms with van der Waals surface area (Å²) < 4.78 is 5.14. The molecule has 0 radical (unpaired) electrons. The lowest BCUT2D eigenvalue weighted by Crippen LogP contribution is -2.36. The molecule has 1 fully saturated rings. The number of carbonyl (C=O) groups is 1. The summed E-state index contributed by atoms with van der Waals surface area (Å²) in [7, 11) is 3.49. The first-order chi connectivity index (χ1) is 8.17. The molecule has 1 aliphatic carbocycles. The Morgan fingerprint density at radius 3 is 2.59 bits per heavy atom. The first-order valence-electron chi connectivity index (χ1n) is 6.64. The number of rotatable bonds is 6. The fourth-order valence-electron chi connectivity index (χ4n) is 2.47. The summed E-state index contributed by atoms with van der Waals surface area (Å²) in [4.78, 5) is 13.8. The van der Waals surface area contributed by atoms with Crippen LogP contribution in [-0.2, 0) is 9.53 Å². The van der Waals surface area contributed by atoms with Crippen molar-refractivity contribution in [3.8, 4) is 0 Å². The molecule has 2 N–H and O–H groups in total. The van der Waals surface area contributed by atoms with Gasteiger partial charge in [-0.15, -0.1) is 0 Å². The second kappa shape index (κ2) is 7.67. The van der Waals surface area contributed by atoms with Gasteiger partial charge in [-0.1, -0.05) is 19.3 Å². The number of ether oxygens (including phenoxy) is 1. The highest BCUT2D eigenvalue weighted by atomic mass is 16.5. The first-order valence-corrected chi connectivity index (χ1v) is 6.64. The van der Waals surface area contributed by atoms with Gasteiger partial charge < -0.3 is 15.4 Å². The van der Waals surface area contributed by atoms with E-state index in [1.54, 1.807) is 7.11 Å². The van der Waals surface area contributed by atoms with E-state index in [0.717, 1.165) is 6.54 Å². The fraction of sp³-hybridized carbons (Fsp3) is 0.923. The quantitative estimate of drug-likeness (QED) is 0.765. The van der Waals surface area contributed by atoms with Crippen LogP contribution in [0.4, 0.5) is 0 Å². The van der Waals surface area contributed by atoms with Crippen LogP contribution in [0.1, 0.15) is 38.5 Å². The molecule has 0 spiro atoms. The molecule has 0 saturated heterocycles. The van der Waals surface area contributed by atoms with Gasteiger partial charge in [0.1, 0.15) is 0 Å². The minimum Gasteiger partial charge on any atom is -0.380 e. The summed E-state index contributed by atoms with van der Waals surface area (Å²) in [5.41, 5.74) is 5.52. The predicted octanol–water partition coefficient (Wildman–Crippen LogP) is 1.39. The van der Waals surface area contributed by atoms with Crippen LogP contribution in [0.15, 0.2) is 0 Å². The van der Waals surface area contributed by atoms with E-state index in [2.05, 4.69) is 0 Å². The van der Waals surface area contributed by atoms with Crippen molar-refractivity contribution in [2.45, 2.75) is 44.6 Å². The van der Waals surface area contributed by atoms with Crippen molar-refractivity contribution >= 4 is 5.91 Å². The van der Waals surface area contributed by atoms with Gasteiger partial charge in [0.15, 0.2) is 0 Å². The van der Waals surface area contributed by atoms with Crippen LogP contribution in [-0.4, -0.2) is 44.2 Å². The summed E-state index contributed by atoms with van der Waals surface area (Å²) in [5.74, 6) is 0.837. The molecule has 0 aromatic heterocycles. The van der Waals surface area contributed by atoms with Gasteiger partial charge in [0.2, 0.25) is 5.91 Å². The van der Waals surface area contributed by atoms with E-state index in [1.807, 2.05) is 11.9 Å². The van der Waals surface area contributed by atoms with Crippen LogP contribution < -0.4 is 5.73 Å². The van der Waals surface area contributed by atoms with Crippen LogP contribution in [0.25, 0.3) is 0 Å². The maximum absolute atomic E-state index is 11.9. The molecule has 1 rings (SSSR count). The van der Waals surface area contributed by atoms with Crippen LogP contribution in [0.2, 0.25) is 0 Å². The van der Waals surface area contributed by atoms with Crippen molar-refractivity contribution in [2.75, 3.05) is 27.2 Å². The van der Waals surface area contributed by atoms with Gasteiger partial charge in [0, 0.05) is 27.2 Å². The molecule has 0 aromatic carbocycles. The molecule has 1 saturated carbocycles. The van der Waals surface area contributed by atoms with Crippen molar-refractivity contribution in [2.24, 2.45) is 11.7 Å². The predicted molar refractivity (Wildman–Crippen MR) is 68.7 cm³/mol. The number of nitrogens with two attached hydrogens (primary N) is 1. The van der Waals surface area contributed by atoms with Crippen molar-refractivity contribution < 1.29 is 9.53 Å². The molecule has 1 amide bonds. The van der Waals surface area contributed by atoms with Gasteiger partial charge in [0.05, 0.1) is 12.5 Å². The monoisotopic (exact) mass is 242 g/mol. The summed E-state index contributed by atoms with van der Waals surface area (Å²) in [6, 6.07) is 0. The third-order valence-corrected chi connectivity index (χ3v) is 3.68. The van der Waals surface area contributed by atoms with Crippen molar-refractivity contribution in [3.63, 3.8) is 0 Å². The Morgan fingerprint density at radius 2 is 2.06 bits per heavy atom. The van der Waals surface area contributed by atoms with E-state index in [9.17, 15) is 4.79 Å². The zero-order chi connectivity index (χ0) is 12.7. The number of hydrogen-bond acceptors (Lipinski definition) is 3. The Hall–Kier alpha value is -0.610. The highest BCUT2D eigenvalue weighted by Crippen LogP contribution is 2.24. The SMILES string of the molecule is COC(CN)CC(=O)N(C)CC1CCCCC1. The molecule has 1 unspecified atom stereocenters. The van der Waals surface area contributed by atoms with Gasteiger partial charge in [-0.05, 0) is 18.8 Å². The molecule has 100 valence electrons. The number of amides is 1. The van der Waals surface area contributed by atoms with Crippen LogP contribution in [0.5, 0.6) is 0 Å². The Kier molecular flexibility index (Phi) is 6.52. The lowest BCUT2D eigenvalue weighted by Gasteiger charge is -2.27. The van der Waals surface area contributed by atoms with E-state index < -0.39 is 0 Å². The summed E-state index contributed by atoms with van der Waals surface area (Å²) in [5, 5.41) is 0. The van der Waals surface area contributed by atoms with Crippen LogP contribution in [0.3, 0.4) is 0 Å². The lowest BCUT2D eigenvalue weighted by molar-refractivity contribution is -0.133. The molecule has 0 aromatic rings. The molecular formula is C13H26N2O2. The highest BCUT2D eigenvalue weighted by molar-refractivity contribution is 5.76. The molecule has 17 heavy (non-hydrogen) atoms. The van der Waals surface area contributed by atoms with E-state index in [1.165, 1.54) is 32.1 Å². The van der Waals surface area contributed by atoms with E-state index in [-0.39, 0.29) is 12.0 Å². The zero-order valence-electron chi connectivity index (χ0n) is 11.2. The normalized spacial score (nSPS) is 19.0. The van der Waals surface area contributed by atoms with Gasteiger partial charge >= 0.3 is 0 Å². The van der Waals surface area contributed by atoms with E-state index >= 15 is 0 Å². The molecular weight excluding hydrogens is 216 g/mol. The number of nitrogens with zero attached hydrogens (tertiary/aromatic N) is 1. The van der Waals surface area contributed by atoms with Gasteiger partial charge in [-0.2, -0.15) is 0 Å². The Bertz CT molecular complexity index is 223. The molecule has 0 heterocycles. The maximum Gasteiger partial charge on any atom is 0.224 e. The number of methoxy groups -OCH3 is 1. The van der Waals surface area contributed by atoms with Gasteiger partial charge in [-0.3, -0.25) is 4.79 Å². The molecule has 1 aliphatic rings. The second-order valence-corrected chi connectivity index (χ2v) is 5.08. The first kappa shape index (κ1) is 14.5. The largest absolute Gasteiger partial charge is 0.380 e. The molecule has 4 heteroatoms. The minimum absolute atomic E-state index is 0.142. The molecule has 0 aliphatic heterocycles. The Balaban J connectivity index is 2.30. The zero-order valence-corrected chi connectivity index (χ0v) is 11.2. The summed E-state index contributed by atoms with van der Waals surface area (Å²) in [6.45, 7) is 1.29. The summed E-state index contributed by atoms with van der Waals surface area (Å²) >= 11 is 0. The van der Waals surface area contributed by atoms with Crippen molar-refractivity contribution in [1.82, 2.24) is 4.90 Å². The Labute approximate surface area is 104 Å². The van der Waals surface area contributed by atoms with Crippen LogP contribution in [0, 0.1) is 5.92 Å². The average molecular weight is 242 g/mol. The summed E-state index contributed by atoms with van der Waals surface area (Å²) in [6.07, 6.45) is 6.77.